The highest BCUT2D eigenvalue weighted by atomic mass is 19.4. The molecule has 154 valence electrons. The van der Waals surface area contributed by atoms with E-state index < -0.39 is 30.0 Å². The largest absolute Gasteiger partial charge is 0.404 e. The van der Waals surface area contributed by atoms with Crippen molar-refractivity contribution in [2.75, 3.05) is 13.1 Å². The number of nitrogens with one attached hydrogen (secondary N) is 2. The molecule has 2 aromatic rings. The Morgan fingerprint density at radius 1 is 1.03 bits per heavy atom. The maximum atomic E-state index is 13.9. The summed E-state index contributed by atoms with van der Waals surface area (Å²) < 4.78 is 41.7. The fourth-order valence-corrected chi connectivity index (χ4v) is 3.54. The van der Waals surface area contributed by atoms with Crippen LogP contribution in [0.1, 0.15) is 27.9 Å². The average Bonchev–Trinajstić information content (AvgIpc) is 3.12. The zero-order valence-electron chi connectivity index (χ0n) is 15.9. The minimum atomic E-state index is -4.74. The summed E-state index contributed by atoms with van der Waals surface area (Å²) in [6.07, 6.45) is -5.11. The molecule has 3 rings (SSSR count). The second kappa shape index (κ2) is 8.24. The van der Waals surface area contributed by atoms with Crippen LogP contribution < -0.4 is 10.9 Å². The first-order valence-corrected chi connectivity index (χ1v) is 9.22. The number of carbonyl (C=O) groups is 2. The highest BCUT2D eigenvalue weighted by Crippen LogP contribution is 2.46. The van der Waals surface area contributed by atoms with Crippen LogP contribution >= 0.6 is 0 Å². The molecule has 0 aliphatic carbocycles. The average molecular weight is 405 g/mol. The van der Waals surface area contributed by atoms with E-state index in [1.807, 2.05) is 35.8 Å². The van der Waals surface area contributed by atoms with Crippen LogP contribution in [0.4, 0.5) is 13.2 Å². The van der Waals surface area contributed by atoms with Gasteiger partial charge in [0.25, 0.3) is 11.8 Å². The van der Waals surface area contributed by atoms with E-state index in [1.54, 1.807) is 30.0 Å². The van der Waals surface area contributed by atoms with Crippen LogP contribution in [-0.4, -0.2) is 36.0 Å². The first kappa shape index (κ1) is 20.9. The molecule has 0 spiro atoms. The van der Waals surface area contributed by atoms with Crippen LogP contribution in [0.15, 0.2) is 54.6 Å². The van der Waals surface area contributed by atoms with Gasteiger partial charge in [0.2, 0.25) is 0 Å². The fraction of sp³-hybridized carbons (Fsp3) is 0.333. The van der Waals surface area contributed by atoms with E-state index in [2.05, 4.69) is 5.43 Å². The van der Waals surface area contributed by atoms with Gasteiger partial charge in [-0.3, -0.25) is 25.3 Å². The Morgan fingerprint density at radius 3 is 2.34 bits per heavy atom. The van der Waals surface area contributed by atoms with Crippen molar-refractivity contribution in [1.29, 1.82) is 0 Å². The van der Waals surface area contributed by atoms with Gasteiger partial charge in [-0.1, -0.05) is 48.5 Å². The lowest BCUT2D eigenvalue weighted by molar-refractivity contribution is -0.218. The van der Waals surface area contributed by atoms with Crippen molar-refractivity contribution < 1.29 is 22.8 Å². The number of hydrogen-bond donors (Lipinski definition) is 2. The maximum absolute atomic E-state index is 13.9. The Labute approximate surface area is 166 Å². The fourth-order valence-electron chi connectivity index (χ4n) is 3.54. The van der Waals surface area contributed by atoms with Gasteiger partial charge in [0.15, 0.2) is 5.41 Å². The van der Waals surface area contributed by atoms with Crippen LogP contribution in [0, 0.1) is 12.3 Å². The van der Waals surface area contributed by atoms with Crippen LogP contribution in [0.25, 0.3) is 0 Å². The van der Waals surface area contributed by atoms with Crippen LogP contribution in [0.3, 0.4) is 0 Å². The molecular formula is C21H22F3N3O2. The molecule has 0 radical (unpaired) electrons. The topological polar surface area (TPSA) is 61.4 Å². The molecule has 1 heterocycles. The normalized spacial score (nSPS) is 19.7. The molecule has 1 aliphatic rings. The molecule has 0 bridgehead atoms. The molecule has 2 N–H and O–H groups in total. The zero-order chi connectivity index (χ0) is 21.1. The molecule has 1 atom stereocenters. The lowest BCUT2D eigenvalue weighted by Crippen LogP contribution is -2.56. The van der Waals surface area contributed by atoms with E-state index in [9.17, 15) is 22.8 Å². The van der Waals surface area contributed by atoms with Crippen LogP contribution in [0.5, 0.6) is 0 Å². The van der Waals surface area contributed by atoms with E-state index in [4.69, 9.17) is 0 Å². The molecule has 1 aliphatic heterocycles. The van der Waals surface area contributed by atoms with Gasteiger partial charge in [0, 0.05) is 18.7 Å². The van der Waals surface area contributed by atoms with Crippen molar-refractivity contribution in [3.8, 4) is 0 Å². The standard InChI is InChI=1S/C21H22F3N3O2/c1-15-7-5-6-10-17(15)18(28)25-26-19(29)20(21(22,23)24)11-12-27(14-20)13-16-8-3-2-4-9-16/h2-10H,11-14H2,1H3,(H,25,28)(H,26,29). The second-order valence-corrected chi connectivity index (χ2v) is 7.25. The van der Waals surface area contributed by atoms with Crippen molar-refractivity contribution in [3.63, 3.8) is 0 Å². The minimum Gasteiger partial charge on any atom is -0.298 e. The summed E-state index contributed by atoms with van der Waals surface area (Å²) in [5.41, 5.74) is 3.36. The highest BCUT2D eigenvalue weighted by molar-refractivity contribution is 5.97. The summed E-state index contributed by atoms with van der Waals surface area (Å²) in [5.74, 6) is -1.91. The van der Waals surface area contributed by atoms with Crippen molar-refractivity contribution in [1.82, 2.24) is 15.8 Å². The Balaban J connectivity index is 1.69. The van der Waals surface area contributed by atoms with Crippen molar-refractivity contribution >= 4 is 11.8 Å². The van der Waals surface area contributed by atoms with Gasteiger partial charge in [-0.05, 0) is 37.1 Å². The Bertz CT molecular complexity index is 886. The third kappa shape index (κ3) is 4.42. The first-order chi connectivity index (χ1) is 13.7. The number of benzene rings is 2. The summed E-state index contributed by atoms with van der Waals surface area (Å²) >= 11 is 0. The smallest absolute Gasteiger partial charge is 0.298 e. The number of rotatable bonds is 4. The van der Waals surface area contributed by atoms with Crippen LogP contribution in [0.2, 0.25) is 0 Å². The van der Waals surface area contributed by atoms with Gasteiger partial charge < -0.3 is 0 Å². The number of hydrogen-bond acceptors (Lipinski definition) is 3. The third-order valence-electron chi connectivity index (χ3n) is 5.25. The Morgan fingerprint density at radius 2 is 1.69 bits per heavy atom. The third-order valence-corrected chi connectivity index (χ3v) is 5.25. The summed E-state index contributed by atoms with van der Waals surface area (Å²) in [4.78, 5) is 26.4. The van der Waals surface area contributed by atoms with Crippen LogP contribution in [-0.2, 0) is 11.3 Å². The Hall–Kier alpha value is -2.87. The molecule has 2 aromatic carbocycles. The summed E-state index contributed by atoms with van der Waals surface area (Å²) in [7, 11) is 0. The molecule has 0 saturated carbocycles. The summed E-state index contributed by atoms with van der Waals surface area (Å²) in [6.45, 7) is 1.69. The predicted molar refractivity (Wildman–Crippen MR) is 102 cm³/mol. The molecule has 1 saturated heterocycles. The molecule has 1 fully saturated rings. The van der Waals surface area contributed by atoms with Gasteiger partial charge in [0.05, 0.1) is 0 Å². The monoisotopic (exact) mass is 405 g/mol. The molecule has 8 heteroatoms. The molecule has 29 heavy (non-hydrogen) atoms. The summed E-state index contributed by atoms with van der Waals surface area (Å²) in [5, 5.41) is 0. The maximum Gasteiger partial charge on any atom is 0.404 e. The van der Waals surface area contributed by atoms with Gasteiger partial charge in [-0.2, -0.15) is 13.2 Å². The van der Waals surface area contributed by atoms with Gasteiger partial charge in [-0.15, -0.1) is 0 Å². The predicted octanol–water partition coefficient (Wildman–Crippen LogP) is 3.21. The Kier molecular flexibility index (Phi) is 5.93. The molecular weight excluding hydrogens is 383 g/mol. The molecule has 5 nitrogen and oxygen atoms in total. The number of amides is 2. The number of aryl methyl sites for hydroxylation is 1. The minimum absolute atomic E-state index is 0.133. The van der Waals surface area contributed by atoms with Crippen molar-refractivity contribution in [3.05, 3.63) is 71.3 Å². The first-order valence-electron chi connectivity index (χ1n) is 9.22. The number of likely N-dealkylation sites (tertiary alicyclic amines) is 1. The zero-order valence-corrected chi connectivity index (χ0v) is 15.9. The second-order valence-electron chi connectivity index (χ2n) is 7.25. The lowest BCUT2D eigenvalue weighted by atomic mass is 9.85. The van der Waals surface area contributed by atoms with Gasteiger partial charge >= 0.3 is 6.18 Å². The van der Waals surface area contributed by atoms with E-state index in [0.29, 0.717) is 12.1 Å². The van der Waals surface area contributed by atoms with Gasteiger partial charge in [-0.25, -0.2) is 0 Å². The van der Waals surface area contributed by atoms with E-state index in [0.717, 1.165) is 5.56 Å². The molecule has 0 aromatic heterocycles. The SMILES string of the molecule is Cc1ccccc1C(=O)NNC(=O)C1(C(F)(F)F)CCN(Cc2ccccc2)C1. The number of hydrazine groups is 1. The van der Waals surface area contributed by atoms with Gasteiger partial charge in [0.1, 0.15) is 0 Å². The summed E-state index contributed by atoms with van der Waals surface area (Å²) in [6, 6.07) is 15.7. The molecule has 2 amide bonds. The number of halogens is 3. The van der Waals surface area contributed by atoms with E-state index in [-0.39, 0.29) is 18.5 Å². The highest BCUT2D eigenvalue weighted by Gasteiger charge is 2.63. The number of alkyl halides is 3. The lowest BCUT2D eigenvalue weighted by Gasteiger charge is -2.30. The van der Waals surface area contributed by atoms with E-state index >= 15 is 0 Å². The number of nitrogens with zero attached hydrogens (tertiary/aromatic N) is 1. The molecule has 1 unspecified atom stereocenters. The van der Waals surface area contributed by atoms with Crippen molar-refractivity contribution in [2.24, 2.45) is 5.41 Å². The quantitative estimate of drug-likeness (QED) is 0.768. The van der Waals surface area contributed by atoms with E-state index in [1.165, 1.54) is 6.07 Å². The van der Waals surface area contributed by atoms with Crippen molar-refractivity contribution in [2.45, 2.75) is 26.1 Å². The number of carbonyl (C=O) groups excluding carboxylic acids is 2.